The van der Waals surface area contributed by atoms with Gasteiger partial charge < -0.3 is 0 Å². The maximum Gasteiger partial charge on any atom is 0.135 e. The van der Waals surface area contributed by atoms with Gasteiger partial charge in [0.1, 0.15) is 5.78 Å². The third-order valence-electron chi connectivity index (χ3n) is 5.06. The van der Waals surface area contributed by atoms with Gasteiger partial charge in [-0.05, 0) is 56.3 Å². The fourth-order valence-electron chi connectivity index (χ4n) is 3.80. The maximum absolute atomic E-state index is 12.3. The molecule has 0 amide bonds. The van der Waals surface area contributed by atoms with Gasteiger partial charge in [0.2, 0.25) is 0 Å². The first-order valence-electron chi connectivity index (χ1n) is 9.51. The summed E-state index contributed by atoms with van der Waals surface area (Å²) in [5, 5.41) is 0. The molecule has 0 aromatic rings. The highest BCUT2D eigenvalue weighted by molar-refractivity contribution is 5.81. The first-order chi connectivity index (χ1) is 9.99. The Morgan fingerprint density at radius 3 is 2.05 bits per heavy atom. The van der Waals surface area contributed by atoms with Gasteiger partial charge in [-0.2, -0.15) is 0 Å². The second kappa shape index (κ2) is 10.4. The molecule has 0 bridgehead atoms. The third kappa shape index (κ3) is 8.63. The van der Waals surface area contributed by atoms with Crippen molar-refractivity contribution in [3.05, 3.63) is 0 Å². The van der Waals surface area contributed by atoms with E-state index in [-0.39, 0.29) is 0 Å². The van der Waals surface area contributed by atoms with Crippen LogP contribution in [0.3, 0.4) is 0 Å². The molecule has 0 saturated heterocycles. The molecule has 1 nitrogen and oxygen atoms in total. The fourth-order valence-corrected chi connectivity index (χ4v) is 3.80. The normalized spacial score (nSPS) is 23.0. The quantitative estimate of drug-likeness (QED) is 0.426. The average molecular weight is 295 g/mol. The van der Waals surface area contributed by atoms with Gasteiger partial charge in [0.15, 0.2) is 0 Å². The highest BCUT2D eigenvalue weighted by Gasteiger charge is 2.25. The number of carbonyl (C=O) groups is 1. The molecule has 0 aromatic heterocycles. The largest absolute Gasteiger partial charge is 0.299 e. The molecule has 1 aliphatic rings. The number of rotatable bonds is 10. The summed E-state index contributed by atoms with van der Waals surface area (Å²) in [7, 11) is 0. The van der Waals surface area contributed by atoms with E-state index >= 15 is 0 Å². The zero-order valence-corrected chi connectivity index (χ0v) is 15.0. The SMILES string of the molecule is CC(C)CCCCCCC(=O)C1CCC(CC(C)C)CC1. The number of ketones is 1. The predicted molar refractivity (Wildman–Crippen MR) is 92.5 cm³/mol. The Morgan fingerprint density at radius 2 is 1.48 bits per heavy atom. The number of unbranched alkanes of at least 4 members (excludes halogenated alkanes) is 3. The van der Waals surface area contributed by atoms with Gasteiger partial charge >= 0.3 is 0 Å². The molecule has 0 heterocycles. The molecule has 0 radical (unpaired) electrons. The fraction of sp³-hybridized carbons (Fsp3) is 0.950. The highest BCUT2D eigenvalue weighted by atomic mass is 16.1. The third-order valence-corrected chi connectivity index (χ3v) is 5.06. The van der Waals surface area contributed by atoms with Crippen LogP contribution in [0, 0.1) is 23.7 Å². The van der Waals surface area contributed by atoms with Gasteiger partial charge in [-0.15, -0.1) is 0 Å². The van der Waals surface area contributed by atoms with Gasteiger partial charge in [0, 0.05) is 12.3 Å². The van der Waals surface area contributed by atoms with Crippen LogP contribution < -0.4 is 0 Å². The summed E-state index contributed by atoms with van der Waals surface area (Å²) in [6.07, 6.45) is 13.5. The van der Waals surface area contributed by atoms with E-state index in [2.05, 4.69) is 27.7 Å². The second-order valence-electron chi connectivity index (χ2n) is 8.16. The first kappa shape index (κ1) is 18.7. The lowest BCUT2D eigenvalue weighted by Gasteiger charge is -2.28. The molecule has 1 heteroatoms. The minimum atomic E-state index is 0.407. The van der Waals surface area contributed by atoms with Crippen LogP contribution in [0.1, 0.15) is 98.3 Å². The van der Waals surface area contributed by atoms with Gasteiger partial charge in [-0.25, -0.2) is 0 Å². The summed E-state index contributed by atoms with van der Waals surface area (Å²) in [6, 6.07) is 0. The number of hydrogen-bond donors (Lipinski definition) is 0. The Bertz CT molecular complexity index is 272. The molecule has 0 atom stereocenters. The molecule has 0 N–H and O–H groups in total. The van der Waals surface area contributed by atoms with E-state index in [1.54, 1.807) is 0 Å². The number of Topliss-reactive ketones (excluding diaryl/α,β-unsaturated/α-hetero) is 1. The van der Waals surface area contributed by atoms with E-state index < -0.39 is 0 Å². The molecular weight excluding hydrogens is 256 g/mol. The lowest BCUT2D eigenvalue weighted by molar-refractivity contribution is -0.124. The van der Waals surface area contributed by atoms with Crippen molar-refractivity contribution in [2.75, 3.05) is 0 Å². The van der Waals surface area contributed by atoms with E-state index in [4.69, 9.17) is 0 Å². The lowest BCUT2D eigenvalue weighted by Crippen LogP contribution is -2.22. The van der Waals surface area contributed by atoms with Crippen molar-refractivity contribution in [1.82, 2.24) is 0 Å². The van der Waals surface area contributed by atoms with Gasteiger partial charge in [-0.3, -0.25) is 4.79 Å². The van der Waals surface area contributed by atoms with Crippen LogP contribution in [-0.2, 0) is 4.79 Å². The standard InChI is InChI=1S/C20H38O/c1-16(2)9-7-5-6-8-10-20(21)19-13-11-18(12-14-19)15-17(3)4/h16-19H,5-15H2,1-4H3. The van der Waals surface area contributed by atoms with Crippen molar-refractivity contribution in [2.45, 2.75) is 98.3 Å². The Balaban J connectivity index is 2.06. The second-order valence-corrected chi connectivity index (χ2v) is 8.16. The average Bonchev–Trinajstić information content (AvgIpc) is 2.42. The molecule has 1 aliphatic carbocycles. The van der Waals surface area contributed by atoms with Crippen molar-refractivity contribution in [1.29, 1.82) is 0 Å². The van der Waals surface area contributed by atoms with Crippen LogP contribution in [0.2, 0.25) is 0 Å². The van der Waals surface area contributed by atoms with E-state index in [9.17, 15) is 4.79 Å². The number of carbonyl (C=O) groups excluding carboxylic acids is 1. The van der Waals surface area contributed by atoms with Crippen LogP contribution in [0.5, 0.6) is 0 Å². The Kier molecular flexibility index (Phi) is 9.27. The summed E-state index contributed by atoms with van der Waals surface area (Å²) < 4.78 is 0. The lowest BCUT2D eigenvalue weighted by atomic mass is 9.76. The molecule has 0 spiro atoms. The minimum absolute atomic E-state index is 0.407. The molecule has 124 valence electrons. The van der Waals surface area contributed by atoms with Crippen molar-refractivity contribution in [3.8, 4) is 0 Å². The summed E-state index contributed by atoms with van der Waals surface area (Å²) in [6.45, 7) is 9.21. The topological polar surface area (TPSA) is 17.1 Å². The highest BCUT2D eigenvalue weighted by Crippen LogP contribution is 2.33. The molecular formula is C20H38O. The molecule has 0 unspecified atom stereocenters. The van der Waals surface area contributed by atoms with Gasteiger partial charge in [0.25, 0.3) is 0 Å². The zero-order chi connectivity index (χ0) is 15.7. The smallest absolute Gasteiger partial charge is 0.135 e. The zero-order valence-electron chi connectivity index (χ0n) is 15.0. The minimum Gasteiger partial charge on any atom is -0.299 e. The van der Waals surface area contributed by atoms with E-state index in [0.29, 0.717) is 11.7 Å². The molecule has 0 aromatic carbocycles. The van der Waals surface area contributed by atoms with Crippen molar-refractivity contribution in [2.24, 2.45) is 23.7 Å². The van der Waals surface area contributed by atoms with Gasteiger partial charge in [0.05, 0.1) is 0 Å². The molecule has 21 heavy (non-hydrogen) atoms. The molecule has 0 aliphatic heterocycles. The van der Waals surface area contributed by atoms with Crippen molar-refractivity contribution >= 4 is 5.78 Å². The molecule has 1 fully saturated rings. The van der Waals surface area contributed by atoms with Crippen molar-refractivity contribution < 1.29 is 4.79 Å². The molecule has 1 rings (SSSR count). The maximum atomic E-state index is 12.3. The molecule has 1 saturated carbocycles. The summed E-state index contributed by atoms with van der Waals surface area (Å²) in [5.74, 6) is 3.51. The van der Waals surface area contributed by atoms with Gasteiger partial charge in [-0.1, -0.05) is 53.4 Å². The number of hydrogen-bond acceptors (Lipinski definition) is 1. The Morgan fingerprint density at radius 1 is 0.857 bits per heavy atom. The van der Waals surface area contributed by atoms with Crippen LogP contribution in [0.15, 0.2) is 0 Å². The van der Waals surface area contributed by atoms with Crippen LogP contribution in [-0.4, -0.2) is 5.78 Å². The summed E-state index contributed by atoms with van der Waals surface area (Å²) >= 11 is 0. The summed E-state index contributed by atoms with van der Waals surface area (Å²) in [5.41, 5.74) is 0. The van der Waals surface area contributed by atoms with Crippen LogP contribution >= 0.6 is 0 Å². The Hall–Kier alpha value is -0.330. The predicted octanol–water partition coefficient (Wildman–Crippen LogP) is 6.40. The summed E-state index contributed by atoms with van der Waals surface area (Å²) in [4.78, 5) is 12.3. The van der Waals surface area contributed by atoms with E-state index in [0.717, 1.165) is 30.6 Å². The van der Waals surface area contributed by atoms with Crippen molar-refractivity contribution in [3.63, 3.8) is 0 Å². The van der Waals surface area contributed by atoms with E-state index in [1.807, 2.05) is 0 Å². The van der Waals surface area contributed by atoms with E-state index in [1.165, 1.54) is 57.8 Å². The first-order valence-corrected chi connectivity index (χ1v) is 9.51. The monoisotopic (exact) mass is 294 g/mol. The van der Waals surface area contributed by atoms with Crippen LogP contribution in [0.25, 0.3) is 0 Å². The van der Waals surface area contributed by atoms with Crippen LogP contribution in [0.4, 0.5) is 0 Å². The Labute approximate surface area is 133 Å².